The van der Waals surface area contributed by atoms with Crippen molar-refractivity contribution in [2.75, 3.05) is 18.0 Å². The first-order chi connectivity index (χ1) is 8.38. The Morgan fingerprint density at radius 3 is 2.33 bits per heavy atom. The summed E-state index contributed by atoms with van der Waals surface area (Å²) >= 11 is 4.97. The summed E-state index contributed by atoms with van der Waals surface area (Å²) in [5.41, 5.74) is 8.23. The Balaban J connectivity index is 2.08. The van der Waals surface area contributed by atoms with Gasteiger partial charge in [-0.15, -0.1) is 0 Å². The molecule has 1 aromatic carbocycles. The number of nitrogens with zero attached hydrogens (tertiary/aromatic N) is 1. The molecular weight excluding hydrogens is 240 g/mol. The third kappa shape index (κ3) is 2.83. The van der Waals surface area contributed by atoms with E-state index in [1.807, 2.05) is 12.1 Å². The third-order valence-electron chi connectivity index (χ3n) is 3.93. The maximum absolute atomic E-state index is 5.61. The Kier molecular flexibility index (Phi) is 3.62. The van der Waals surface area contributed by atoms with Crippen LogP contribution in [0.1, 0.15) is 32.8 Å². The largest absolute Gasteiger partial charge is 0.389 e. The zero-order valence-electron chi connectivity index (χ0n) is 11.4. The first-order valence-corrected chi connectivity index (χ1v) is 6.93. The fourth-order valence-corrected chi connectivity index (χ4v) is 2.67. The summed E-state index contributed by atoms with van der Waals surface area (Å²) in [5.74, 6) is 0.771. The van der Waals surface area contributed by atoms with Gasteiger partial charge in [-0.05, 0) is 42.0 Å². The molecule has 1 aliphatic rings. The normalized spacial score (nSPS) is 20.2. The molecule has 1 saturated heterocycles. The number of anilines is 1. The first kappa shape index (κ1) is 13.3. The lowest BCUT2D eigenvalue weighted by atomic mass is 9.80. The quantitative estimate of drug-likeness (QED) is 0.830. The summed E-state index contributed by atoms with van der Waals surface area (Å²) in [6.07, 6.45) is 1.28. The van der Waals surface area contributed by atoms with E-state index in [0.29, 0.717) is 10.4 Å². The molecule has 98 valence electrons. The van der Waals surface area contributed by atoms with Crippen LogP contribution in [0.25, 0.3) is 0 Å². The Labute approximate surface area is 115 Å². The van der Waals surface area contributed by atoms with Gasteiger partial charge in [0.05, 0.1) is 0 Å². The molecule has 1 fully saturated rings. The zero-order chi connectivity index (χ0) is 13.3. The average molecular weight is 262 g/mol. The van der Waals surface area contributed by atoms with Crippen molar-refractivity contribution in [2.45, 2.75) is 27.2 Å². The Bertz CT molecular complexity index is 431. The molecule has 1 aromatic rings. The molecule has 1 aliphatic heterocycles. The number of nitrogens with two attached hydrogens (primary N) is 1. The van der Waals surface area contributed by atoms with Crippen molar-refractivity contribution in [3.8, 4) is 0 Å². The molecule has 2 rings (SSSR count). The zero-order valence-corrected chi connectivity index (χ0v) is 12.3. The first-order valence-electron chi connectivity index (χ1n) is 6.53. The minimum Gasteiger partial charge on any atom is -0.389 e. The SMILES string of the molecule is CC(C)(C)C1CCN(c2ccc(C(N)=S)cc2)C1. The van der Waals surface area contributed by atoms with Crippen molar-refractivity contribution in [1.82, 2.24) is 0 Å². The van der Waals surface area contributed by atoms with Crippen LogP contribution in [0.15, 0.2) is 24.3 Å². The van der Waals surface area contributed by atoms with Crippen molar-refractivity contribution in [1.29, 1.82) is 0 Å². The molecule has 1 heterocycles. The van der Waals surface area contributed by atoms with Crippen molar-refractivity contribution in [2.24, 2.45) is 17.1 Å². The predicted molar refractivity (Wildman–Crippen MR) is 82.1 cm³/mol. The Morgan fingerprint density at radius 1 is 1.28 bits per heavy atom. The second-order valence-corrected chi connectivity index (χ2v) is 6.65. The highest BCUT2D eigenvalue weighted by atomic mass is 32.1. The highest BCUT2D eigenvalue weighted by molar-refractivity contribution is 7.80. The predicted octanol–water partition coefficient (Wildman–Crippen LogP) is 3.19. The number of benzene rings is 1. The Hall–Kier alpha value is -1.09. The van der Waals surface area contributed by atoms with Crippen LogP contribution in [0.4, 0.5) is 5.69 Å². The summed E-state index contributed by atoms with van der Waals surface area (Å²) in [5, 5.41) is 0. The molecule has 2 nitrogen and oxygen atoms in total. The van der Waals surface area contributed by atoms with E-state index in [4.69, 9.17) is 18.0 Å². The summed E-state index contributed by atoms with van der Waals surface area (Å²) in [6, 6.07) is 8.28. The van der Waals surface area contributed by atoms with E-state index in [1.54, 1.807) is 0 Å². The molecule has 0 spiro atoms. The van der Waals surface area contributed by atoms with E-state index in [0.717, 1.165) is 24.6 Å². The highest BCUT2D eigenvalue weighted by Gasteiger charge is 2.31. The third-order valence-corrected chi connectivity index (χ3v) is 4.17. The van der Waals surface area contributed by atoms with Gasteiger partial charge in [-0.1, -0.05) is 33.0 Å². The van der Waals surface area contributed by atoms with Crippen molar-refractivity contribution >= 4 is 22.9 Å². The van der Waals surface area contributed by atoms with Gasteiger partial charge in [0.1, 0.15) is 4.99 Å². The maximum atomic E-state index is 5.61. The fourth-order valence-electron chi connectivity index (χ4n) is 2.54. The Morgan fingerprint density at radius 2 is 1.89 bits per heavy atom. The smallest absolute Gasteiger partial charge is 0.103 e. The molecule has 1 unspecified atom stereocenters. The standard InChI is InChI=1S/C15H22N2S/c1-15(2,3)12-8-9-17(10-12)13-6-4-11(5-7-13)14(16)18/h4-7,12H,8-10H2,1-3H3,(H2,16,18). The number of thiocarbonyl (C=S) groups is 1. The van der Waals surface area contributed by atoms with Gasteiger partial charge < -0.3 is 10.6 Å². The average Bonchev–Trinajstić information content (AvgIpc) is 2.78. The lowest BCUT2D eigenvalue weighted by Gasteiger charge is -2.27. The van der Waals surface area contributed by atoms with Gasteiger partial charge in [-0.25, -0.2) is 0 Å². The second-order valence-electron chi connectivity index (χ2n) is 6.21. The fraction of sp³-hybridized carbons (Fsp3) is 0.533. The molecule has 0 aliphatic carbocycles. The topological polar surface area (TPSA) is 29.3 Å². The highest BCUT2D eigenvalue weighted by Crippen LogP contribution is 2.35. The van der Waals surface area contributed by atoms with Crippen LogP contribution >= 0.6 is 12.2 Å². The van der Waals surface area contributed by atoms with Crippen molar-refractivity contribution in [3.05, 3.63) is 29.8 Å². The molecule has 0 amide bonds. The van der Waals surface area contributed by atoms with Crippen LogP contribution in [0.3, 0.4) is 0 Å². The van der Waals surface area contributed by atoms with Gasteiger partial charge in [0.25, 0.3) is 0 Å². The molecule has 0 bridgehead atoms. The summed E-state index contributed by atoms with van der Waals surface area (Å²) in [4.78, 5) is 2.93. The molecule has 0 saturated carbocycles. The van der Waals surface area contributed by atoms with Crippen molar-refractivity contribution < 1.29 is 0 Å². The number of rotatable bonds is 2. The summed E-state index contributed by atoms with van der Waals surface area (Å²) < 4.78 is 0. The molecule has 3 heteroatoms. The van der Waals surface area contributed by atoms with E-state index in [1.165, 1.54) is 12.1 Å². The van der Waals surface area contributed by atoms with Gasteiger partial charge >= 0.3 is 0 Å². The minimum atomic E-state index is 0.396. The maximum Gasteiger partial charge on any atom is 0.103 e. The monoisotopic (exact) mass is 262 g/mol. The molecule has 0 radical (unpaired) electrons. The van der Waals surface area contributed by atoms with E-state index in [2.05, 4.69) is 37.8 Å². The van der Waals surface area contributed by atoms with Crippen LogP contribution in [0, 0.1) is 11.3 Å². The van der Waals surface area contributed by atoms with Crippen LogP contribution in [0.5, 0.6) is 0 Å². The van der Waals surface area contributed by atoms with Gasteiger partial charge in [0, 0.05) is 24.3 Å². The van der Waals surface area contributed by atoms with Crippen molar-refractivity contribution in [3.63, 3.8) is 0 Å². The molecule has 1 atom stereocenters. The summed E-state index contributed by atoms with van der Waals surface area (Å²) in [6.45, 7) is 9.29. The molecular formula is C15H22N2S. The minimum absolute atomic E-state index is 0.396. The van der Waals surface area contributed by atoms with Gasteiger partial charge in [-0.3, -0.25) is 0 Å². The van der Waals surface area contributed by atoms with Crippen LogP contribution in [-0.4, -0.2) is 18.1 Å². The van der Waals surface area contributed by atoms with Crippen LogP contribution < -0.4 is 10.6 Å². The van der Waals surface area contributed by atoms with Gasteiger partial charge in [-0.2, -0.15) is 0 Å². The van der Waals surface area contributed by atoms with Gasteiger partial charge in [0.2, 0.25) is 0 Å². The molecule has 2 N–H and O–H groups in total. The molecule has 18 heavy (non-hydrogen) atoms. The van der Waals surface area contributed by atoms with E-state index >= 15 is 0 Å². The van der Waals surface area contributed by atoms with Gasteiger partial charge in [0.15, 0.2) is 0 Å². The molecule has 0 aromatic heterocycles. The second kappa shape index (κ2) is 4.88. The number of hydrogen-bond acceptors (Lipinski definition) is 2. The van der Waals surface area contributed by atoms with Crippen LogP contribution in [-0.2, 0) is 0 Å². The van der Waals surface area contributed by atoms with E-state index in [9.17, 15) is 0 Å². The van der Waals surface area contributed by atoms with E-state index < -0.39 is 0 Å². The summed E-state index contributed by atoms with van der Waals surface area (Å²) in [7, 11) is 0. The van der Waals surface area contributed by atoms with E-state index in [-0.39, 0.29) is 0 Å². The number of hydrogen-bond donors (Lipinski definition) is 1. The lowest BCUT2D eigenvalue weighted by Crippen LogP contribution is -2.25. The van der Waals surface area contributed by atoms with Crippen LogP contribution in [0.2, 0.25) is 0 Å². The lowest BCUT2D eigenvalue weighted by molar-refractivity contribution is 0.263.